The van der Waals surface area contributed by atoms with Crippen LogP contribution in [0.25, 0.3) is 5.82 Å². The third kappa shape index (κ3) is 4.76. The molecule has 4 rings (SSSR count). The second-order valence-corrected chi connectivity index (χ2v) is 6.69. The molecule has 29 heavy (non-hydrogen) atoms. The molecule has 0 saturated carbocycles. The van der Waals surface area contributed by atoms with Crippen molar-refractivity contribution in [3.63, 3.8) is 0 Å². The molecule has 2 N–H and O–H groups in total. The van der Waals surface area contributed by atoms with Crippen molar-refractivity contribution in [2.75, 3.05) is 12.4 Å². The van der Waals surface area contributed by atoms with E-state index >= 15 is 0 Å². The minimum absolute atomic E-state index is 0.111. The standard InChI is InChI=1S/C18H17N7O3S/c1-27-13-4-2-12(3-5-13)22-18(26)23-14-9-21-16(10-20-14)28-17-8-15(24-29-17)25-7-6-19-11-25/h2,4-12H,3H2,1H3,(H2,20,22,23,26). The number of urea groups is 1. The number of carbonyl (C=O) groups excluding carboxylic acids is 1. The van der Waals surface area contributed by atoms with Crippen molar-refractivity contribution in [1.82, 2.24) is 29.2 Å². The van der Waals surface area contributed by atoms with E-state index < -0.39 is 0 Å². The average molecular weight is 411 g/mol. The number of aromatic nitrogens is 5. The summed E-state index contributed by atoms with van der Waals surface area (Å²) in [4.78, 5) is 24.4. The highest BCUT2D eigenvalue weighted by Gasteiger charge is 2.13. The molecule has 0 bridgehead atoms. The van der Waals surface area contributed by atoms with E-state index in [1.807, 2.05) is 18.2 Å². The zero-order chi connectivity index (χ0) is 20.1. The van der Waals surface area contributed by atoms with Gasteiger partial charge >= 0.3 is 6.03 Å². The van der Waals surface area contributed by atoms with Gasteiger partial charge in [0, 0.05) is 30.0 Å². The molecule has 3 heterocycles. The topological polar surface area (TPSA) is 116 Å². The van der Waals surface area contributed by atoms with Crippen LogP contribution in [0.3, 0.4) is 0 Å². The van der Waals surface area contributed by atoms with Crippen LogP contribution < -0.4 is 15.4 Å². The van der Waals surface area contributed by atoms with Gasteiger partial charge in [-0.25, -0.2) is 19.7 Å². The van der Waals surface area contributed by atoms with Gasteiger partial charge in [0.2, 0.25) is 10.9 Å². The number of methoxy groups -OCH3 is 1. The predicted octanol–water partition coefficient (Wildman–Crippen LogP) is 2.89. The monoisotopic (exact) mass is 411 g/mol. The molecule has 0 aliphatic heterocycles. The maximum Gasteiger partial charge on any atom is 0.320 e. The van der Waals surface area contributed by atoms with Crippen molar-refractivity contribution >= 4 is 23.4 Å². The smallest absolute Gasteiger partial charge is 0.320 e. The van der Waals surface area contributed by atoms with Crippen molar-refractivity contribution in [3.8, 4) is 16.8 Å². The fourth-order valence-electron chi connectivity index (χ4n) is 2.53. The summed E-state index contributed by atoms with van der Waals surface area (Å²) >= 11 is 1.19. The summed E-state index contributed by atoms with van der Waals surface area (Å²) < 4.78 is 16.8. The van der Waals surface area contributed by atoms with Crippen LogP contribution in [0.1, 0.15) is 6.42 Å². The van der Waals surface area contributed by atoms with E-state index in [-0.39, 0.29) is 12.1 Å². The maximum atomic E-state index is 12.1. The Morgan fingerprint density at radius 3 is 2.97 bits per heavy atom. The van der Waals surface area contributed by atoms with Crippen LogP contribution in [0.2, 0.25) is 0 Å². The van der Waals surface area contributed by atoms with Crippen LogP contribution in [0.5, 0.6) is 10.9 Å². The molecule has 0 spiro atoms. The van der Waals surface area contributed by atoms with E-state index in [2.05, 4.69) is 30.0 Å². The SMILES string of the molecule is COC1=CCC(NC(=O)Nc2cnc(Oc3cc(-n4ccnc4)ns3)cn2)C=C1. The Morgan fingerprint density at radius 2 is 2.28 bits per heavy atom. The number of imidazole rings is 1. The van der Waals surface area contributed by atoms with Crippen molar-refractivity contribution < 1.29 is 14.3 Å². The molecule has 3 aromatic heterocycles. The molecule has 1 aliphatic carbocycles. The first-order valence-corrected chi connectivity index (χ1v) is 9.42. The number of hydrogen-bond acceptors (Lipinski definition) is 8. The van der Waals surface area contributed by atoms with E-state index in [1.54, 1.807) is 36.5 Å². The third-order valence-corrected chi connectivity index (χ3v) is 4.60. The van der Waals surface area contributed by atoms with Gasteiger partial charge in [-0.1, -0.05) is 6.08 Å². The Hall–Kier alpha value is -3.73. The number of anilines is 1. The molecule has 3 aromatic rings. The number of carbonyl (C=O) groups is 1. The molecule has 11 heteroatoms. The summed E-state index contributed by atoms with van der Waals surface area (Å²) in [7, 11) is 1.61. The van der Waals surface area contributed by atoms with Crippen LogP contribution in [0, 0.1) is 0 Å². The summed E-state index contributed by atoms with van der Waals surface area (Å²) in [6.45, 7) is 0. The summed E-state index contributed by atoms with van der Waals surface area (Å²) in [5.41, 5.74) is 0. The Bertz CT molecular complexity index is 1030. The lowest BCUT2D eigenvalue weighted by atomic mass is 10.1. The summed E-state index contributed by atoms with van der Waals surface area (Å²) in [6.07, 6.45) is 14.2. The maximum absolute atomic E-state index is 12.1. The lowest BCUT2D eigenvalue weighted by Gasteiger charge is -2.17. The van der Waals surface area contributed by atoms with Gasteiger partial charge in [-0.3, -0.25) is 9.88 Å². The minimum Gasteiger partial charge on any atom is -0.497 e. The van der Waals surface area contributed by atoms with Crippen LogP contribution >= 0.6 is 11.5 Å². The number of hydrogen-bond donors (Lipinski definition) is 2. The first-order chi connectivity index (χ1) is 14.2. The van der Waals surface area contributed by atoms with E-state index in [0.717, 1.165) is 5.76 Å². The van der Waals surface area contributed by atoms with Crippen molar-refractivity contribution in [3.05, 3.63) is 61.2 Å². The van der Waals surface area contributed by atoms with Gasteiger partial charge in [-0.15, -0.1) is 0 Å². The quantitative estimate of drug-likeness (QED) is 0.641. The Morgan fingerprint density at radius 1 is 1.34 bits per heavy atom. The lowest BCUT2D eigenvalue weighted by molar-refractivity contribution is 0.249. The first kappa shape index (κ1) is 18.6. The van der Waals surface area contributed by atoms with Gasteiger partial charge in [0.15, 0.2) is 11.6 Å². The summed E-state index contributed by atoms with van der Waals surface area (Å²) in [6, 6.07) is 1.29. The fourth-order valence-corrected chi connectivity index (χ4v) is 3.14. The molecule has 10 nitrogen and oxygen atoms in total. The summed E-state index contributed by atoms with van der Waals surface area (Å²) in [5.74, 6) is 2.09. The highest BCUT2D eigenvalue weighted by atomic mass is 32.1. The van der Waals surface area contributed by atoms with Gasteiger partial charge in [0.25, 0.3) is 0 Å². The third-order valence-electron chi connectivity index (χ3n) is 3.94. The first-order valence-electron chi connectivity index (χ1n) is 8.64. The van der Waals surface area contributed by atoms with E-state index in [9.17, 15) is 4.79 Å². The molecule has 0 saturated heterocycles. The van der Waals surface area contributed by atoms with Gasteiger partial charge in [0.1, 0.15) is 12.1 Å². The second-order valence-electron chi connectivity index (χ2n) is 5.93. The number of nitrogens with zero attached hydrogens (tertiary/aromatic N) is 5. The predicted molar refractivity (Wildman–Crippen MR) is 106 cm³/mol. The zero-order valence-electron chi connectivity index (χ0n) is 15.3. The van der Waals surface area contributed by atoms with Gasteiger partial charge in [0.05, 0.1) is 25.5 Å². The molecule has 0 fully saturated rings. The molecule has 1 unspecified atom stereocenters. The van der Waals surface area contributed by atoms with E-state index in [0.29, 0.717) is 29.0 Å². The van der Waals surface area contributed by atoms with Crippen LogP contribution in [-0.2, 0) is 4.74 Å². The van der Waals surface area contributed by atoms with Gasteiger partial charge < -0.3 is 14.8 Å². The van der Waals surface area contributed by atoms with Crippen LogP contribution in [0.4, 0.5) is 10.6 Å². The Kier molecular flexibility index (Phi) is 5.47. The second kappa shape index (κ2) is 8.52. The minimum atomic E-state index is -0.371. The molecule has 0 radical (unpaired) electrons. The normalized spacial score (nSPS) is 15.5. The number of ether oxygens (including phenoxy) is 2. The molecule has 148 valence electrons. The zero-order valence-corrected chi connectivity index (χ0v) is 16.2. The van der Waals surface area contributed by atoms with Gasteiger partial charge in [-0.05, 0) is 18.6 Å². The molecule has 1 atom stereocenters. The molecular formula is C18H17N7O3S. The fraction of sp³-hybridized carbons (Fsp3) is 0.167. The Labute approximate surface area is 170 Å². The number of amides is 2. The number of rotatable bonds is 6. The van der Waals surface area contributed by atoms with E-state index in [4.69, 9.17) is 9.47 Å². The molecule has 2 amide bonds. The lowest BCUT2D eigenvalue weighted by Crippen LogP contribution is -2.37. The highest BCUT2D eigenvalue weighted by Crippen LogP contribution is 2.26. The van der Waals surface area contributed by atoms with Crippen molar-refractivity contribution in [1.29, 1.82) is 0 Å². The molecule has 0 aromatic carbocycles. The van der Waals surface area contributed by atoms with Gasteiger partial charge in [-0.2, -0.15) is 4.37 Å². The molecule has 1 aliphatic rings. The highest BCUT2D eigenvalue weighted by molar-refractivity contribution is 7.07. The summed E-state index contributed by atoms with van der Waals surface area (Å²) in [5, 5.41) is 6.04. The van der Waals surface area contributed by atoms with E-state index in [1.165, 1.54) is 23.9 Å². The van der Waals surface area contributed by atoms with Crippen LogP contribution in [0.15, 0.2) is 61.2 Å². The molecular weight excluding hydrogens is 394 g/mol. The van der Waals surface area contributed by atoms with Crippen molar-refractivity contribution in [2.24, 2.45) is 0 Å². The van der Waals surface area contributed by atoms with Crippen LogP contribution in [-0.4, -0.2) is 43.1 Å². The van der Waals surface area contributed by atoms with Crippen molar-refractivity contribution in [2.45, 2.75) is 12.5 Å². The number of allylic oxidation sites excluding steroid dienone is 1. The number of nitrogens with one attached hydrogen (secondary N) is 2. The Balaban J connectivity index is 1.30. The largest absolute Gasteiger partial charge is 0.497 e. The average Bonchev–Trinajstić information content (AvgIpc) is 3.42.